The normalized spacial score (nSPS) is 11.8. The number of rotatable bonds is 6. The number of benzene rings is 1. The van der Waals surface area contributed by atoms with Crippen LogP contribution in [0.4, 0.5) is 10.5 Å². The van der Waals surface area contributed by atoms with Gasteiger partial charge in [0.2, 0.25) is 0 Å². The Morgan fingerprint density at radius 1 is 1.45 bits per heavy atom. The highest BCUT2D eigenvalue weighted by molar-refractivity contribution is 9.10. The highest BCUT2D eigenvalue weighted by Gasteiger charge is 2.09. The van der Waals surface area contributed by atoms with Crippen molar-refractivity contribution < 1.29 is 14.7 Å². The molecule has 1 aromatic rings. The molecule has 1 atom stereocenters. The number of carboxylic acid groups (broad SMARTS) is 1. The molecule has 0 heterocycles. The minimum absolute atomic E-state index is 0.102. The van der Waals surface area contributed by atoms with E-state index in [9.17, 15) is 9.59 Å². The number of carboxylic acids is 1. The lowest BCUT2D eigenvalue weighted by Gasteiger charge is -2.13. The van der Waals surface area contributed by atoms with Gasteiger partial charge in [-0.05, 0) is 46.5 Å². The number of urea groups is 1. The van der Waals surface area contributed by atoms with Gasteiger partial charge in [0.25, 0.3) is 0 Å². The third kappa shape index (κ3) is 6.25. The average Bonchev–Trinajstić information content (AvgIpc) is 2.37. The van der Waals surface area contributed by atoms with Crippen molar-refractivity contribution in [3.8, 4) is 0 Å². The molecule has 2 amide bonds. The zero-order chi connectivity index (χ0) is 15.1. The maximum Gasteiger partial charge on any atom is 0.319 e. The highest BCUT2D eigenvalue weighted by Crippen LogP contribution is 2.25. The van der Waals surface area contributed by atoms with E-state index in [1.165, 1.54) is 0 Å². The third-order valence-electron chi connectivity index (χ3n) is 2.64. The molecular weight excluding hydrogens is 348 g/mol. The summed E-state index contributed by atoms with van der Waals surface area (Å²) in [6.45, 7) is 2.31. The van der Waals surface area contributed by atoms with Crippen molar-refractivity contribution in [3.05, 3.63) is 27.7 Å². The lowest BCUT2D eigenvalue weighted by atomic mass is 10.1. The van der Waals surface area contributed by atoms with Crippen LogP contribution >= 0.6 is 27.5 Å². The largest absolute Gasteiger partial charge is 0.481 e. The van der Waals surface area contributed by atoms with Crippen LogP contribution in [0.3, 0.4) is 0 Å². The van der Waals surface area contributed by atoms with E-state index >= 15 is 0 Å². The van der Waals surface area contributed by atoms with Gasteiger partial charge in [0, 0.05) is 22.5 Å². The Kier molecular flexibility index (Phi) is 6.81. The summed E-state index contributed by atoms with van der Waals surface area (Å²) in [6, 6.07) is 4.72. The molecule has 0 spiro atoms. The summed E-state index contributed by atoms with van der Waals surface area (Å²) < 4.78 is 0.694. The Hall–Kier alpha value is -1.27. The van der Waals surface area contributed by atoms with Crippen LogP contribution in [0.5, 0.6) is 0 Å². The first-order valence-corrected chi connectivity index (χ1v) is 7.27. The van der Waals surface area contributed by atoms with Crippen molar-refractivity contribution in [1.29, 1.82) is 0 Å². The number of anilines is 1. The Morgan fingerprint density at radius 2 is 2.15 bits per heavy atom. The van der Waals surface area contributed by atoms with Gasteiger partial charge < -0.3 is 15.7 Å². The van der Waals surface area contributed by atoms with Crippen LogP contribution < -0.4 is 10.6 Å². The van der Waals surface area contributed by atoms with Gasteiger partial charge in [-0.15, -0.1) is 0 Å². The molecule has 0 aliphatic heterocycles. The minimum atomic E-state index is -0.827. The highest BCUT2D eigenvalue weighted by atomic mass is 79.9. The average molecular weight is 364 g/mol. The second-order valence-corrected chi connectivity index (χ2v) is 5.79. The number of hydrogen-bond acceptors (Lipinski definition) is 2. The molecule has 5 nitrogen and oxygen atoms in total. The minimum Gasteiger partial charge on any atom is -0.481 e. The molecule has 1 rings (SSSR count). The van der Waals surface area contributed by atoms with E-state index in [0.29, 0.717) is 28.1 Å². The summed E-state index contributed by atoms with van der Waals surface area (Å²) in [6.07, 6.45) is 0.632. The molecule has 1 unspecified atom stereocenters. The summed E-state index contributed by atoms with van der Waals surface area (Å²) in [7, 11) is 0. The molecule has 0 bridgehead atoms. The number of aliphatic carboxylic acids is 1. The van der Waals surface area contributed by atoms with Crippen molar-refractivity contribution in [2.45, 2.75) is 19.8 Å². The van der Waals surface area contributed by atoms with E-state index in [2.05, 4.69) is 26.6 Å². The van der Waals surface area contributed by atoms with Gasteiger partial charge >= 0.3 is 12.0 Å². The number of carbonyl (C=O) groups excluding carboxylic acids is 1. The molecule has 3 N–H and O–H groups in total. The van der Waals surface area contributed by atoms with Crippen LogP contribution in [0, 0.1) is 5.92 Å². The second kappa shape index (κ2) is 8.11. The Morgan fingerprint density at radius 3 is 2.75 bits per heavy atom. The number of halogens is 2. The van der Waals surface area contributed by atoms with E-state index in [1.54, 1.807) is 18.2 Å². The second-order valence-electron chi connectivity index (χ2n) is 4.50. The zero-order valence-electron chi connectivity index (χ0n) is 11.0. The maximum atomic E-state index is 11.7. The van der Waals surface area contributed by atoms with Crippen molar-refractivity contribution in [2.75, 3.05) is 11.9 Å². The predicted molar refractivity (Wildman–Crippen MR) is 82.2 cm³/mol. The van der Waals surface area contributed by atoms with E-state index in [0.717, 1.165) is 0 Å². The molecule has 1 aromatic carbocycles. The monoisotopic (exact) mass is 362 g/mol. The lowest BCUT2D eigenvalue weighted by molar-refractivity contribution is -0.137. The molecule has 0 fully saturated rings. The first-order valence-electron chi connectivity index (χ1n) is 6.10. The molecule has 0 saturated carbocycles. The topological polar surface area (TPSA) is 78.4 Å². The van der Waals surface area contributed by atoms with Gasteiger partial charge in [-0.1, -0.05) is 18.5 Å². The number of amides is 2. The van der Waals surface area contributed by atoms with Crippen LogP contribution in [-0.4, -0.2) is 23.7 Å². The van der Waals surface area contributed by atoms with Crippen molar-refractivity contribution in [2.24, 2.45) is 5.92 Å². The number of nitrogens with one attached hydrogen (secondary N) is 2. The molecule has 0 radical (unpaired) electrons. The van der Waals surface area contributed by atoms with Crippen molar-refractivity contribution in [1.82, 2.24) is 5.32 Å². The molecule has 7 heteroatoms. The summed E-state index contributed by atoms with van der Waals surface area (Å²) in [5.41, 5.74) is 0.616. The van der Waals surface area contributed by atoms with Crippen molar-refractivity contribution in [3.63, 3.8) is 0 Å². The molecular formula is C13H16BrClN2O3. The van der Waals surface area contributed by atoms with Crippen LogP contribution in [0.25, 0.3) is 0 Å². The lowest BCUT2D eigenvalue weighted by Crippen LogP contribution is -2.32. The predicted octanol–water partition coefficient (Wildman–Crippen LogP) is 3.72. The SMILES string of the molecule is CC(CCC(=O)O)CNC(=O)Nc1ccc(Cl)cc1Br. The van der Waals surface area contributed by atoms with E-state index in [4.69, 9.17) is 16.7 Å². The molecule has 0 aliphatic carbocycles. The molecule has 0 aromatic heterocycles. The third-order valence-corrected chi connectivity index (χ3v) is 3.53. The summed E-state index contributed by atoms with van der Waals surface area (Å²) in [4.78, 5) is 22.1. The van der Waals surface area contributed by atoms with Crippen LogP contribution in [0.1, 0.15) is 19.8 Å². The van der Waals surface area contributed by atoms with Crippen LogP contribution in [0.2, 0.25) is 5.02 Å². The molecule has 0 saturated heterocycles. The van der Waals surface area contributed by atoms with Gasteiger partial charge in [-0.3, -0.25) is 4.79 Å². The zero-order valence-corrected chi connectivity index (χ0v) is 13.3. The summed E-state index contributed by atoms with van der Waals surface area (Å²) in [5.74, 6) is -0.725. The molecule has 20 heavy (non-hydrogen) atoms. The van der Waals surface area contributed by atoms with Crippen LogP contribution in [-0.2, 0) is 4.79 Å². The first kappa shape index (κ1) is 16.8. The Balaban J connectivity index is 2.38. The standard InChI is InChI=1S/C13H16BrClN2O3/c1-8(2-5-12(18)19)7-16-13(20)17-11-4-3-9(15)6-10(11)14/h3-4,6,8H,2,5,7H2,1H3,(H,18,19)(H2,16,17,20). The van der Waals surface area contributed by atoms with Gasteiger partial charge in [0.05, 0.1) is 5.69 Å². The number of carbonyl (C=O) groups is 2. The van der Waals surface area contributed by atoms with Gasteiger partial charge in [0.1, 0.15) is 0 Å². The van der Waals surface area contributed by atoms with Crippen molar-refractivity contribution >= 4 is 45.2 Å². The molecule has 110 valence electrons. The van der Waals surface area contributed by atoms with E-state index in [-0.39, 0.29) is 18.4 Å². The number of hydrogen-bond donors (Lipinski definition) is 3. The summed E-state index contributed by atoms with van der Waals surface area (Å²) >= 11 is 9.11. The first-order chi connectivity index (χ1) is 9.38. The van der Waals surface area contributed by atoms with E-state index in [1.807, 2.05) is 6.92 Å². The van der Waals surface area contributed by atoms with Gasteiger partial charge in [0.15, 0.2) is 0 Å². The van der Waals surface area contributed by atoms with Gasteiger partial charge in [-0.25, -0.2) is 4.79 Å². The summed E-state index contributed by atoms with van der Waals surface area (Å²) in [5, 5.41) is 14.5. The Bertz CT molecular complexity index is 497. The quantitative estimate of drug-likeness (QED) is 0.720. The smallest absolute Gasteiger partial charge is 0.319 e. The van der Waals surface area contributed by atoms with E-state index < -0.39 is 5.97 Å². The fourth-order valence-electron chi connectivity index (χ4n) is 1.50. The van der Waals surface area contributed by atoms with Gasteiger partial charge in [-0.2, -0.15) is 0 Å². The van der Waals surface area contributed by atoms with Crippen LogP contribution in [0.15, 0.2) is 22.7 Å². The molecule has 0 aliphatic rings. The fourth-order valence-corrected chi connectivity index (χ4v) is 2.28. The maximum absolute atomic E-state index is 11.7. The Labute approximate surface area is 130 Å². The fraction of sp³-hybridized carbons (Fsp3) is 0.385.